The fraction of sp³-hybridized carbons (Fsp3) is 0.0500. The molecule has 2 heterocycles. The summed E-state index contributed by atoms with van der Waals surface area (Å²) < 4.78 is 14.7. The Morgan fingerprint density at radius 2 is 1.93 bits per heavy atom. The first-order valence-electron chi connectivity index (χ1n) is 8.33. The molecule has 7 heteroatoms. The first kappa shape index (κ1) is 16.7. The van der Waals surface area contributed by atoms with Crippen LogP contribution in [0.2, 0.25) is 0 Å². The molecule has 0 aliphatic carbocycles. The van der Waals surface area contributed by atoms with Gasteiger partial charge in [0.05, 0.1) is 11.9 Å². The van der Waals surface area contributed by atoms with E-state index in [0.717, 1.165) is 16.8 Å². The number of carbonyl (C=O) groups excluding carboxylic acids is 1. The molecule has 0 radical (unpaired) electrons. The van der Waals surface area contributed by atoms with Crippen molar-refractivity contribution in [2.45, 2.75) is 6.54 Å². The van der Waals surface area contributed by atoms with Gasteiger partial charge in [0.1, 0.15) is 11.6 Å². The minimum atomic E-state index is -0.486. The largest absolute Gasteiger partial charge is 0.366 e. The average molecular weight is 361 g/mol. The molecule has 0 aliphatic heterocycles. The van der Waals surface area contributed by atoms with Gasteiger partial charge in [0.25, 0.3) is 0 Å². The van der Waals surface area contributed by atoms with Crippen LogP contribution < -0.4 is 11.1 Å². The van der Waals surface area contributed by atoms with Gasteiger partial charge in [-0.15, -0.1) is 5.10 Å². The number of rotatable bonds is 5. The number of aromatic nitrogens is 3. The first-order valence-corrected chi connectivity index (χ1v) is 8.33. The predicted octanol–water partition coefficient (Wildman–Crippen LogP) is 3.25. The Morgan fingerprint density at radius 3 is 2.70 bits per heavy atom. The summed E-state index contributed by atoms with van der Waals surface area (Å²) in [5, 5.41) is 7.79. The summed E-state index contributed by atoms with van der Waals surface area (Å²) in [5.74, 6) is -0.100. The molecule has 2 aromatic heterocycles. The predicted molar refractivity (Wildman–Crippen MR) is 101 cm³/mol. The maximum absolute atomic E-state index is 13.0. The van der Waals surface area contributed by atoms with Gasteiger partial charge >= 0.3 is 0 Å². The molecule has 3 N–H and O–H groups in total. The number of benzene rings is 2. The molecule has 0 atom stereocenters. The van der Waals surface area contributed by atoms with E-state index in [0.29, 0.717) is 23.6 Å². The average Bonchev–Trinajstić information content (AvgIpc) is 3.11. The fourth-order valence-corrected chi connectivity index (χ4v) is 2.79. The van der Waals surface area contributed by atoms with Crippen molar-refractivity contribution in [3.63, 3.8) is 0 Å². The number of fused-ring (bicyclic) bond motifs is 1. The highest BCUT2D eigenvalue weighted by atomic mass is 19.1. The second-order valence-electron chi connectivity index (χ2n) is 6.06. The number of nitrogens with one attached hydrogen (secondary N) is 1. The van der Waals surface area contributed by atoms with E-state index in [2.05, 4.69) is 15.4 Å². The van der Waals surface area contributed by atoms with Crippen LogP contribution in [0.5, 0.6) is 0 Å². The van der Waals surface area contributed by atoms with Gasteiger partial charge in [-0.3, -0.25) is 4.79 Å². The van der Waals surface area contributed by atoms with Crippen LogP contribution in [0.3, 0.4) is 0 Å². The first-order chi connectivity index (χ1) is 13.1. The van der Waals surface area contributed by atoms with Crippen LogP contribution in [0.25, 0.3) is 16.9 Å². The summed E-state index contributed by atoms with van der Waals surface area (Å²) >= 11 is 0. The lowest BCUT2D eigenvalue weighted by Crippen LogP contribution is -2.10. The molecular weight excluding hydrogens is 345 g/mol. The highest BCUT2D eigenvalue weighted by Gasteiger charge is 2.10. The van der Waals surface area contributed by atoms with Crippen LogP contribution >= 0.6 is 0 Å². The van der Waals surface area contributed by atoms with E-state index in [9.17, 15) is 9.18 Å². The molecule has 134 valence electrons. The molecule has 6 nitrogen and oxygen atoms in total. The Hall–Kier alpha value is -3.74. The number of nitrogens with zero attached hydrogens (tertiary/aromatic N) is 3. The van der Waals surface area contributed by atoms with Gasteiger partial charge in [-0.25, -0.2) is 13.9 Å². The molecule has 4 rings (SSSR count). The highest BCUT2D eigenvalue weighted by Crippen LogP contribution is 2.22. The minimum Gasteiger partial charge on any atom is -0.366 e. The van der Waals surface area contributed by atoms with Gasteiger partial charge in [0.2, 0.25) is 5.91 Å². The van der Waals surface area contributed by atoms with Crippen LogP contribution in [0.1, 0.15) is 15.9 Å². The monoisotopic (exact) mass is 361 g/mol. The molecule has 0 unspecified atom stereocenters. The van der Waals surface area contributed by atoms with Crippen LogP contribution in [0.4, 0.5) is 10.2 Å². The number of imidazole rings is 1. The molecule has 0 spiro atoms. The lowest BCUT2D eigenvalue weighted by molar-refractivity contribution is 0.100. The fourth-order valence-electron chi connectivity index (χ4n) is 2.79. The molecule has 4 aromatic rings. The Balaban J connectivity index is 1.64. The van der Waals surface area contributed by atoms with Crippen molar-refractivity contribution in [2.75, 3.05) is 5.32 Å². The Morgan fingerprint density at radius 1 is 1.11 bits per heavy atom. The minimum absolute atomic E-state index is 0.264. The number of hydrogen-bond donors (Lipinski definition) is 2. The number of hydrogen-bond acceptors (Lipinski definition) is 4. The van der Waals surface area contributed by atoms with Crippen molar-refractivity contribution in [1.82, 2.24) is 14.6 Å². The Bertz CT molecular complexity index is 1120. The second-order valence-corrected chi connectivity index (χ2v) is 6.06. The van der Waals surface area contributed by atoms with Crippen LogP contribution in [0, 0.1) is 5.82 Å². The third-order valence-electron chi connectivity index (χ3n) is 4.19. The SMILES string of the molecule is NC(=O)c1cccc(-c2cnc3ccc(NCc4ccc(F)cc4)nn23)c1. The van der Waals surface area contributed by atoms with E-state index in [-0.39, 0.29) is 5.82 Å². The van der Waals surface area contributed by atoms with Crippen LogP contribution in [-0.4, -0.2) is 20.5 Å². The van der Waals surface area contributed by atoms with Crippen LogP contribution in [0.15, 0.2) is 66.9 Å². The second kappa shape index (κ2) is 6.87. The summed E-state index contributed by atoms with van der Waals surface area (Å²) in [4.78, 5) is 15.8. The number of amides is 1. The lowest BCUT2D eigenvalue weighted by Gasteiger charge is -2.08. The van der Waals surface area contributed by atoms with Gasteiger partial charge in [-0.2, -0.15) is 0 Å². The maximum Gasteiger partial charge on any atom is 0.248 e. The smallest absolute Gasteiger partial charge is 0.248 e. The standard InChI is InChI=1S/C20H16FN5O/c21-16-6-4-13(5-7-16)11-23-18-8-9-19-24-12-17(26(19)25-18)14-2-1-3-15(10-14)20(22)27/h1-10,12H,11H2,(H2,22,27)(H,23,25). The zero-order chi connectivity index (χ0) is 18.8. The molecule has 0 fully saturated rings. The highest BCUT2D eigenvalue weighted by molar-refractivity contribution is 5.94. The van der Waals surface area contributed by atoms with Crippen molar-refractivity contribution in [2.24, 2.45) is 5.73 Å². The zero-order valence-electron chi connectivity index (χ0n) is 14.3. The maximum atomic E-state index is 13.0. The van der Waals surface area contributed by atoms with Crippen LogP contribution in [-0.2, 0) is 6.54 Å². The van der Waals surface area contributed by atoms with E-state index in [1.807, 2.05) is 18.2 Å². The van der Waals surface area contributed by atoms with Crippen molar-refractivity contribution in [3.8, 4) is 11.3 Å². The lowest BCUT2D eigenvalue weighted by atomic mass is 10.1. The van der Waals surface area contributed by atoms with E-state index >= 15 is 0 Å². The van der Waals surface area contributed by atoms with Gasteiger partial charge in [-0.1, -0.05) is 24.3 Å². The normalized spacial score (nSPS) is 10.9. The summed E-state index contributed by atoms with van der Waals surface area (Å²) in [7, 11) is 0. The van der Waals surface area contributed by atoms with E-state index in [1.54, 1.807) is 41.0 Å². The molecule has 2 aromatic carbocycles. The number of halogens is 1. The summed E-state index contributed by atoms with van der Waals surface area (Å²) in [5.41, 5.74) is 8.96. The van der Waals surface area contributed by atoms with Crippen molar-refractivity contribution in [1.29, 1.82) is 0 Å². The van der Waals surface area contributed by atoms with E-state index in [4.69, 9.17) is 5.73 Å². The number of nitrogens with two attached hydrogens (primary N) is 1. The topological polar surface area (TPSA) is 85.3 Å². The molecular formula is C20H16FN5O. The summed E-state index contributed by atoms with van der Waals surface area (Å²) in [6.45, 7) is 0.514. The Kier molecular flexibility index (Phi) is 4.25. The number of primary amides is 1. The number of anilines is 1. The molecule has 1 amide bonds. The number of carbonyl (C=O) groups is 1. The molecule has 0 aliphatic rings. The van der Waals surface area contributed by atoms with E-state index in [1.165, 1.54) is 12.1 Å². The Labute approximate surface area is 154 Å². The van der Waals surface area contributed by atoms with Gasteiger partial charge in [0.15, 0.2) is 5.65 Å². The van der Waals surface area contributed by atoms with Crippen molar-refractivity contribution in [3.05, 3.63) is 83.8 Å². The molecule has 0 bridgehead atoms. The third-order valence-corrected chi connectivity index (χ3v) is 4.19. The van der Waals surface area contributed by atoms with E-state index < -0.39 is 5.91 Å². The molecule has 0 saturated heterocycles. The molecule has 27 heavy (non-hydrogen) atoms. The third kappa shape index (κ3) is 3.48. The van der Waals surface area contributed by atoms with Gasteiger partial charge < -0.3 is 11.1 Å². The quantitative estimate of drug-likeness (QED) is 0.571. The zero-order valence-corrected chi connectivity index (χ0v) is 14.3. The summed E-state index contributed by atoms with van der Waals surface area (Å²) in [6.07, 6.45) is 1.70. The van der Waals surface area contributed by atoms with Crippen molar-refractivity contribution < 1.29 is 9.18 Å². The van der Waals surface area contributed by atoms with Crippen molar-refractivity contribution >= 4 is 17.4 Å². The summed E-state index contributed by atoms with van der Waals surface area (Å²) in [6, 6.07) is 17.0. The van der Waals surface area contributed by atoms with Gasteiger partial charge in [-0.05, 0) is 42.0 Å². The molecule has 0 saturated carbocycles. The van der Waals surface area contributed by atoms with Gasteiger partial charge in [0, 0.05) is 17.7 Å².